The molecule has 0 unspecified atom stereocenters. The summed E-state index contributed by atoms with van der Waals surface area (Å²) in [4.78, 5) is 19.9. The average molecular weight is 291 g/mol. The zero-order valence-electron chi connectivity index (χ0n) is 11.7. The van der Waals surface area contributed by atoms with Crippen LogP contribution >= 0.6 is 11.3 Å². The van der Waals surface area contributed by atoms with Gasteiger partial charge in [-0.15, -0.1) is 11.3 Å². The molecule has 0 atom stereocenters. The molecule has 5 nitrogen and oxygen atoms in total. The summed E-state index contributed by atoms with van der Waals surface area (Å²) in [5.41, 5.74) is 1.49. The molecule has 2 heterocycles. The van der Waals surface area contributed by atoms with E-state index in [-0.39, 0.29) is 0 Å². The maximum Gasteiger partial charge on any atom is 0.315 e. The fourth-order valence-electron chi connectivity index (χ4n) is 1.62. The highest BCUT2D eigenvalue weighted by atomic mass is 32.1. The number of nitrogens with zero attached hydrogens (tertiary/aromatic N) is 2. The molecular formula is C14H17N3O2S. The van der Waals surface area contributed by atoms with E-state index in [0.29, 0.717) is 17.4 Å². The number of aryl methyl sites for hydroxylation is 1. The van der Waals surface area contributed by atoms with E-state index >= 15 is 0 Å². The molecule has 2 aromatic rings. The van der Waals surface area contributed by atoms with E-state index in [0.717, 1.165) is 11.4 Å². The molecule has 0 bridgehead atoms. The minimum Gasteiger partial charge on any atom is -0.481 e. The maximum atomic E-state index is 11.2. The number of aliphatic carboxylic acids is 1. The van der Waals surface area contributed by atoms with Crippen LogP contribution in [-0.4, -0.2) is 21.0 Å². The summed E-state index contributed by atoms with van der Waals surface area (Å²) >= 11 is 1.40. The molecule has 0 aliphatic rings. The molecule has 0 fully saturated rings. The first kappa shape index (κ1) is 14.5. The Morgan fingerprint density at radius 3 is 2.80 bits per heavy atom. The van der Waals surface area contributed by atoms with Crippen LogP contribution in [0.25, 0.3) is 0 Å². The number of aromatic nitrogens is 2. The number of pyridine rings is 1. The van der Waals surface area contributed by atoms with Crippen molar-refractivity contribution in [2.24, 2.45) is 0 Å². The van der Waals surface area contributed by atoms with E-state index in [1.165, 1.54) is 11.3 Å². The van der Waals surface area contributed by atoms with Gasteiger partial charge in [0, 0.05) is 11.1 Å². The van der Waals surface area contributed by atoms with Crippen molar-refractivity contribution in [3.05, 3.63) is 40.7 Å². The number of hydrogen-bond donors (Lipinski definition) is 2. The lowest BCUT2D eigenvalue weighted by atomic mass is 9.90. The molecule has 2 rings (SSSR count). The zero-order valence-corrected chi connectivity index (χ0v) is 12.5. The fraction of sp³-hybridized carbons (Fsp3) is 0.357. The summed E-state index contributed by atoms with van der Waals surface area (Å²) in [6.45, 7) is 5.81. The standard InChI is InChI=1S/C14H17N3O2S/c1-9-5-4-6-10(16-9)7-15-13-17-11(8-20-13)14(2,3)12(18)19/h4-6,8H,7H2,1-3H3,(H,15,17)(H,18,19). The molecule has 0 aromatic carbocycles. The van der Waals surface area contributed by atoms with Gasteiger partial charge in [-0.2, -0.15) is 0 Å². The summed E-state index contributed by atoms with van der Waals surface area (Å²) in [5, 5.41) is 14.8. The first-order chi connectivity index (χ1) is 9.39. The average Bonchev–Trinajstić information content (AvgIpc) is 2.85. The highest BCUT2D eigenvalue weighted by Crippen LogP contribution is 2.27. The van der Waals surface area contributed by atoms with Crippen LogP contribution in [0.2, 0.25) is 0 Å². The van der Waals surface area contributed by atoms with Gasteiger partial charge in [0.2, 0.25) is 0 Å². The summed E-state index contributed by atoms with van der Waals surface area (Å²) in [7, 11) is 0. The van der Waals surface area contributed by atoms with Crippen LogP contribution in [0.4, 0.5) is 5.13 Å². The number of thiazole rings is 1. The lowest BCUT2D eigenvalue weighted by molar-refractivity contribution is -0.142. The second-order valence-electron chi connectivity index (χ2n) is 5.09. The Balaban J connectivity index is 2.05. The highest BCUT2D eigenvalue weighted by molar-refractivity contribution is 7.13. The third kappa shape index (κ3) is 3.14. The third-order valence-corrected chi connectivity index (χ3v) is 3.85. The third-order valence-electron chi connectivity index (χ3n) is 3.05. The minimum atomic E-state index is -0.974. The molecule has 0 saturated heterocycles. The number of hydrogen-bond acceptors (Lipinski definition) is 5. The lowest BCUT2D eigenvalue weighted by Crippen LogP contribution is -2.28. The molecule has 0 saturated carbocycles. The number of nitrogens with one attached hydrogen (secondary N) is 1. The molecule has 0 spiro atoms. The Labute approximate surface area is 121 Å². The van der Waals surface area contributed by atoms with Crippen LogP contribution < -0.4 is 5.32 Å². The van der Waals surface area contributed by atoms with Crippen LogP contribution in [-0.2, 0) is 16.8 Å². The summed E-state index contributed by atoms with van der Waals surface area (Å²) in [6, 6.07) is 5.84. The summed E-state index contributed by atoms with van der Waals surface area (Å²) in [6.07, 6.45) is 0. The van der Waals surface area contributed by atoms with Crippen molar-refractivity contribution in [1.82, 2.24) is 9.97 Å². The van der Waals surface area contributed by atoms with E-state index in [2.05, 4.69) is 15.3 Å². The normalized spacial score (nSPS) is 11.3. The van der Waals surface area contributed by atoms with Crippen molar-refractivity contribution in [2.45, 2.75) is 32.7 Å². The number of carboxylic acids is 1. The second-order valence-corrected chi connectivity index (χ2v) is 5.95. The quantitative estimate of drug-likeness (QED) is 0.886. The Hall–Kier alpha value is -1.95. The van der Waals surface area contributed by atoms with Crippen molar-refractivity contribution in [3.63, 3.8) is 0 Å². The summed E-state index contributed by atoms with van der Waals surface area (Å²) < 4.78 is 0. The van der Waals surface area contributed by atoms with Crippen molar-refractivity contribution in [1.29, 1.82) is 0 Å². The molecule has 2 aromatic heterocycles. The van der Waals surface area contributed by atoms with E-state index in [1.54, 1.807) is 19.2 Å². The van der Waals surface area contributed by atoms with Crippen molar-refractivity contribution in [2.75, 3.05) is 5.32 Å². The zero-order chi connectivity index (χ0) is 14.8. The van der Waals surface area contributed by atoms with Crippen molar-refractivity contribution >= 4 is 22.4 Å². The van der Waals surface area contributed by atoms with E-state index in [4.69, 9.17) is 0 Å². The predicted molar refractivity (Wildman–Crippen MR) is 79.1 cm³/mol. The van der Waals surface area contributed by atoms with Gasteiger partial charge in [-0.1, -0.05) is 6.07 Å². The Kier molecular flexibility index (Phi) is 4.04. The van der Waals surface area contributed by atoms with E-state index in [9.17, 15) is 9.90 Å². The van der Waals surface area contributed by atoms with E-state index < -0.39 is 11.4 Å². The van der Waals surface area contributed by atoms with Gasteiger partial charge in [-0.25, -0.2) is 4.98 Å². The molecule has 0 aliphatic carbocycles. The van der Waals surface area contributed by atoms with Crippen LogP contribution in [0, 0.1) is 6.92 Å². The second kappa shape index (κ2) is 5.58. The van der Waals surface area contributed by atoms with Gasteiger partial charge in [-0.3, -0.25) is 9.78 Å². The van der Waals surface area contributed by atoms with Gasteiger partial charge in [0.1, 0.15) is 5.41 Å². The van der Waals surface area contributed by atoms with Gasteiger partial charge in [-0.05, 0) is 32.9 Å². The molecule has 6 heteroatoms. The number of carboxylic acid groups (broad SMARTS) is 1. The smallest absolute Gasteiger partial charge is 0.315 e. The lowest BCUT2D eigenvalue weighted by Gasteiger charge is -2.15. The molecule has 20 heavy (non-hydrogen) atoms. The molecule has 0 aliphatic heterocycles. The van der Waals surface area contributed by atoms with Crippen LogP contribution in [0.1, 0.15) is 30.9 Å². The Bertz CT molecular complexity index is 622. The van der Waals surface area contributed by atoms with Gasteiger partial charge in [0.25, 0.3) is 0 Å². The van der Waals surface area contributed by atoms with Crippen LogP contribution in [0.3, 0.4) is 0 Å². The molecule has 106 valence electrons. The SMILES string of the molecule is Cc1cccc(CNc2nc(C(C)(C)C(=O)O)cs2)n1. The van der Waals surface area contributed by atoms with Gasteiger partial charge < -0.3 is 10.4 Å². The maximum absolute atomic E-state index is 11.2. The molecule has 0 radical (unpaired) electrons. The topological polar surface area (TPSA) is 75.1 Å². The molecule has 0 amide bonds. The van der Waals surface area contributed by atoms with Gasteiger partial charge >= 0.3 is 5.97 Å². The van der Waals surface area contributed by atoms with Gasteiger partial charge in [0.05, 0.1) is 17.9 Å². The molecule has 2 N–H and O–H groups in total. The largest absolute Gasteiger partial charge is 0.481 e. The van der Waals surface area contributed by atoms with Crippen molar-refractivity contribution in [3.8, 4) is 0 Å². The predicted octanol–water partition coefficient (Wildman–Crippen LogP) is 2.82. The molecular weight excluding hydrogens is 274 g/mol. The fourth-order valence-corrected chi connectivity index (χ4v) is 2.49. The minimum absolute atomic E-state index is 0.565. The summed E-state index contributed by atoms with van der Waals surface area (Å²) in [5.74, 6) is -0.880. The first-order valence-corrected chi connectivity index (χ1v) is 7.13. The van der Waals surface area contributed by atoms with Crippen LogP contribution in [0.5, 0.6) is 0 Å². The van der Waals surface area contributed by atoms with Crippen molar-refractivity contribution < 1.29 is 9.90 Å². The number of carbonyl (C=O) groups is 1. The monoisotopic (exact) mass is 291 g/mol. The number of rotatable bonds is 5. The number of anilines is 1. The van der Waals surface area contributed by atoms with Gasteiger partial charge in [0.15, 0.2) is 5.13 Å². The first-order valence-electron chi connectivity index (χ1n) is 6.25. The Morgan fingerprint density at radius 1 is 1.40 bits per heavy atom. The Morgan fingerprint density at radius 2 is 2.15 bits per heavy atom. The van der Waals surface area contributed by atoms with Crippen LogP contribution in [0.15, 0.2) is 23.6 Å². The van der Waals surface area contributed by atoms with E-state index in [1.807, 2.05) is 25.1 Å². The highest BCUT2D eigenvalue weighted by Gasteiger charge is 2.32.